The van der Waals surface area contributed by atoms with Crippen molar-refractivity contribution in [3.05, 3.63) is 17.4 Å². The predicted molar refractivity (Wildman–Crippen MR) is 92.5 cm³/mol. The summed E-state index contributed by atoms with van der Waals surface area (Å²) in [4.78, 5) is 14.1. The molecule has 0 spiro atoms. The summed E-state index contributed by atoms with van der Waals surface area (Å²) in [6.07, 6.45) is 0.922. The number of hydrogen-bond donors (Lipinski definition) is 3. The minimum atomic E-state index is -0.385. The third-order valence-electron chi connectivity index (χ3n) is 4.88. The first-order chi connectivity index (χ1) is 11.1. The second-order valence-electron chi connectivity index (χ2n) is 6.41. The van der Waals surface area contributed by atoms with Crippen molar-refractivity contribution in [2.45, 2.75) is 32.0 Å². The molecule has 0 aliphatic carbocycles. The summed E-state index contributed by atoms with van der Waals surface area (Å²) in [6, 6.07) is 1.79. The summed E-state index contributed by atoms with van der Waals surface area (Å²) >= 11 is 0. The molecule has 0 radical (unpaired) electrons. The highest BCUT2D eigenvalue weighted by Crippen LogP contribution is 2.39. The zero-order valence-corrected chi connectivity index (χ0v) is 14.3. The van der Waals surface area contributed by atoms with Crippen LogP contribution in [0.3, 0.4) is 0 Å². The average molecular weight is 357 g/mol. The van der Waals surface area contributed by atoms with E-state index in [9.17, 15) is 4.79 Å². The van der Waals surface area contributed by atoms with Crippen LogP contribution in [0.2, 0.25) is 0 Å². The lowest BCUT2D eigenvalue weighted by molar-refractivity contribution is -0.116. The Morgan fingerprint density at radius 3 is 3.08 bits per heavy atom. The molecule has 8 heteroatoms. The average Bonchev–Trinajstić information content (AvgIpc) is 2.52. The van der Waals surface area contributed by atoms with E-state index in [2.05, 4.69) is 20.9 Å². The van der Waals surface area contributed by atoms with Gasteiger partial charge in [-0.1, -0.05) is 0 Å². The Hall–Kier alpha value is -1.57. The van der Waals surface area contributed by atoms with Gasteiger partial charge in [0, 0.05) is 43.9 Å². The maximum absolute atomic E-state index is 15.0. The molecule has 4 rings (SSSR count). The Bertz CT molecular complexity index is 657. The Balaban J connectivity index is 0.00000169. The van der Waals surface area contributed by atoms with Gasteiger partial charge in [-0.3, -0.25) is 9.69 Å². The van der Waals surface area contributed by atoms with Crippen molar-refractivity contribution in [1.29, 1.82) is 0 Å². The number of anilines is 2. The van der Waals surface area contributed by atoms with Crippen molar-refractivity contribution < 1.29 is 13.9 Å². The fraction of sp³-hybridized carbons (Fsp3) is 0.562. The second kappa shape index (κ2) is 6.74. The van der Waals surface area contributed by atoms with Gasteiger partial charge < -0.3 is 20.7 Å². The number of fused-ring (bicyclic) bond motifs is 3. The van der Waals surface area contributed by atoms with Crippen LogP contribution >= 0.6 is 12.4 Å². The number of carbonyl (C=O) groups excluding carboxylic acids is 1. The summed E-state index contributed by atoms with van der Waals surface area (Å²) in [6.45, 7) is 5.53. The van der Waals surface area contributed by atoms with Gasteiger partial charge in [0.25, 0.3) is 0 Å². The third kappa shape index (κ3) is 2.92. The molecule has 1 aromatic rings. The first-order valence-electron chi connectivity index (χ1n) is 8.14. The van der Waals surface area contributed by atoms with Crippen molar-refractivity contribution in [1.82, 2.24) is 10.2 Å². The van der Waals surface area contributed by atoms with Crippen LogP contribution in [0.25, 0.3) is 0 Å². The fourth-order valence-electron chi connectivity index (χ4n) is 3.51. The lowest BCUT2D eigenvalue weighted by Gasteiger charge is -2.38. The van der Waals surface area contributed by atoms with E-state index < -0.39 is 0 Å². The maximum atomic E-state index is 15.0. The third-order valence-corrected chi connectivity index (χ3v) is 4.88. The number of amides is 1. The second-order valence-corrected chi connectivity index (χ2v) is 6.41. The molecular weight excluding hydrogens is 335 g/mol. The van der Waals surface area contributed by atoms with E-state index in [1.165, 1.54) is 0 Å². The topological polar surface area (TPSA) is 65.6 Å². The van der Waals surface area contributed by atoms with Crippen molar-refractivity contribution in [2.75, 3.05) is 36.9 Å². The van der Waals surface area contributed by atoms with Gasteiger partial charge in [0.15, 0.2) is 5.82 Å². The molecule has 3 aliphatic heterocycles. The van der Waals surface area contributed by atoms with E-state index in [0.29, 0.717) is 36.2 Å². The van der Waals surface area contributed by atoms with Crippen molar-refractivity contribution >= 4 is 29.7 Å². The van der Waals surface area contributed by atoms with E-state index in [4.69, 9.17) is 4.74 Å². The maximum Gasteiger partial charge on any atom is 0.246 e. The lowest BCUT2D eigenvalue weighted by atomic mass is 10.0. The first-order valence-corrected chi connectivity index (χ1v) is 8.14. The van der Waals surface area contributed by atoms with Gasteiger partial charge in [-0.15, -0.1) is 12.4 Å². The Kier molecular flexibility index (Phi) is 4.85. The zero-order chi connectivity index (χ0) is 16.0. The van der Waals surface area contributed by atoms with Crippen LogP contribution in [0, 0.1) is 5.82 Å². The van der Waals surface area contributed by atoms with Crippen LogP contribution in [0.15, 0.2) is 6.07 Å². The number of piperazine rings is 1. The number of rotatable bonds is 0. The molecule has 0 saturated carbocycles. The molecule has 1 fully saturated rings. The number of halogens is 2. The molecule has 2 atom stereocenters. The van der Waals surface area contributed by atoms with E-state index in [1.807, 2.05) is 6.07 Å². The van der Waals surface area contributed by atoms with Gasteiger partial charge in [0.05, 0.1) is 12.3 Å². The summed E-state index contributed by atoms with van der Waals surface area (Å²) in [5.41, 5.74) is 1.36. The number of carbonyl (C=O) groups is 1. The zero-order valence-electron chi connectivity index (χ0n) is 13.5. The lowest BCUT2D eigenvalue weighted by Crippen LogP contribution is -2.51. The molecule has 132 valence electrons. The molecule has 1 unspecified atom stereocenters. The predicted octanol–water partition coefficient (Wildman–Crippen LogP) is 1.56. The quantitative estimate of drug-likeness (QED) is 0.658. The van der Waals surface area contributed by atoms with Gasteiger partial charge in [-0.05, 0) is 13.3 Å². The minimum Gasteiger partial charge on any atom is -0.493 e. The summed E-state index contributed by atoms with van der Waals surface area (Å²) < 4.78 is 20.9. The summed E-state index contributed by atoms with van der Waals surface area (Å²) in [5.74, 6) is -0.0262. The summed E-state index contributed by atoms with van der Waals surface area (Å²) in [7, 11) is 0. The van der Waals surface area contributed by atoms with Crippen LogP contribution in [0.5, 0.6) is 5.75 Å². The van der Waals surface area contributed by atoms with E-state index >= 15 is 4.39 Å². The highest BCUT2D eigenvalue weighted by atomic mass is 35.5. The number of benzene rings is 1. The Labute approximate surface area is 146 Å². The van der Waals surface area contributed by atoms with E-state index in [0.717, 1.165) is 26.1 Å². The molecule has 1 aromatic carbocycles. The SMILES string of the molecule is CC1Nc2cc3c(c(F)c2NC1=O)CN1CCNC[C@H]1CCO3.Cl. The Morgan fingerprint density at radius 2 is 2.25 bits per heavy atom. The van der Waals surface area contributed by atoms with Gasteiger partial charge in [0.1, 0.15) is 17.5 Å². The van der Waals surface area contributed by atoms with E-state index in [-0.39, 0.29) is 35.9 Å². The standard InChI is InChI=1S/C16H21FN4O2.ClH/c1-9-16(22)20-15-12(19-9)6-13-11(14(15)17)8-21-4-3-18-7-10(21)2-5-23-13;/h6,9-10,18-19H,2-5,7-8H2,1H3,(H,20,22);1H/t9?,10-;/m1./s1. The first kappa shape index (κ1) is 17.3. The molecule has 1 saturated heterocycles. The highest BCUT2D eigenvalue weighted by Gasteiger charge is 2.31. The van der Waals surface area contributed by atoms with Crippen LogP contribution in [0.4, 0.5) is 15.8 Å². The molecule has 3 aliphatic rings. The number of nitrogens with one attached hydrogen (secondary N) is 3. The molecule has 0 bridgehead atoms. The number of ether oxygens (including phenoxy) is 1. The molecule has 3 N–H and O–H groups in total. The van der Waals surface area contributed by atoms with Crippen molar-refractivity contribution in [2.24, 2.45) is 0 Å². The molecule has 1 amide bonds. The smallest absolute Gasteiger partial charge is 0.246 e. The molecule has 3 heterocycles. The van der Waals surface area contributed by atoms with Crippen LogP contribution < -0.4 is 20.7 Å². The molecule has 0 aromatic heterocycles. The Morgan fingerprint density at radius 1 is 1.42 bits per heavy atom. The van der Waals surface area contributed by atoms with Gasteiger partial charge in [0.2, 0.25) is 5.91 Å². The van der Waals surface area contributed by atoms with Gasteiger partial charge in [-0.2, -0.15) is 0 Å². The van der Waals surface area contributed by atoms with Gasteiger partial charge in [-0.25, -0.2) is 4.39 Å². The monoisotopic (exact) mass is 356 g/mol. The number of hydrogen-bond acceptors (Lipinski definition) is 5. The van der Waals surface area contributed by atoms with Crippen LogP contribution in [-0.4, -0.2) is 49.1 Å². The van der Waals surface area contributed by atoms with Gasteiger partial charge >= 0.3 is 0 Å². The summed E-state index contributed by atoms with van der Waals surface area (Å²) in [5, 5.41) is 9.08. The molecule has 24 heavy (non-hydrogen) atoms. The highest BCUT2D eigenvalue weighted by molar-refractivity contribution is 6.03. The van der Waals surface area contributed by atoms with E-state index in [1.54, 1.807) is 6.92 Å². The largest absolute Gasteiger partial charge is 0.493 e. The van der Waals surface area contributed by atoms with Crippen LogP contribution in [0.1, 0.15) is 18.9 Å². The molecular formula is C16H22ClFN4O2. The minimum absolute atomic E-state index is 0. The van der Waals surface area contributed by atoms with Crippen molar-refractivity contribution in [3.63, 3.8) is 0 Å². The fourth-order valence-corrected chi connectivity index (χ4v) is 3.51. The molecule has 6 nitrogen and oxygen atoms in total. The van der Waals surface area contributed by atoms with Crippen LogP contribution in [-0.2, 0) is 11.3 Å². The number of nitrogens with zero attached hydrogens (tertiary/aromatic N) is 1. The normalized spacial score (nSPS) is 26.2. The van der Waals surface area contributed by atoms with Crippen molar-refractivity contribution in [3.8, 4) is 5.75 Å².